The lowest BCUT2D eigenvalue weighted by molar-refractivity contribution is -0.124. The van der Waals surface area contributed by atoms with Crippen LogP contribution in [0.15, 0.2) is 53.4 Å². The molecule has 0 aromatic heterocycles. The molecule has 1 amide bonds. The Morgan fingerprint density at radius 3 is 2.62 bits per heavy atom. The average Bonchev–Trinajstić information content (AvgIpc) is 2.56. The number of halogens is 1. The Hall–Kier alpha value is -2.71. The zero-order valence-electron chi connectivity index (χ0n) is 12.7. The molecule has 0 radical (unpaired) electrons. The minimum Gasteiger partial charge on any atom is -0.288 e. The van der Waals surface area contributed by atoms with E-state index in [1.807, 2.05) is 0 Å². The van der Waals surface area contributed by atoms with E-state index >= 15 is 0 Å². The fourth-order valence-corrected chi connectivity index (χ4v) is 3.02. The summed E-state index contributed by atoms with van der Waals surface area (Å²) in [6, 6.07) is 9.77. The van der Waals surface area contributed by atoms with Crippen LogP contribution in [-0.2, 0) is 14.8 Å². The molecule has 0 aliphatic rings. The number of anilines is 1. The average molecular weight is 350 g/mol. The van der Waals surface area contributed by atoms with Crippen LogP contribution in [-0.4, -0.2) is 19.5 Å². The summed E-state index contributed by atoms with van der Waals surface area (Å²) in [4.78, 5) is 10.9. The smallest absolute Gasteiger partial charge is 0.267 e. The summed E-state index contributed by atoms with van der Waals surface area (Å²) < 4.78 is 40.4. The summed E-state index contributed by atoms with van der Waals surface area (Å²) in [6.45, 7) is 1.53. The van der Waals surface area contributed by atoms with Gasteiger partial charge in [-0.2, -0.15) is 0 Å². The van der Waals surface area contributed by atoms with Crippen LogP contribution in [0, 0.1) is 12.7 Å². The van der Waals surface area contributed by atoms with E-state index in [-0.39, 0.29) is 10.6 Å². The van der Waals surface area contributed by atoms with Gasteiger partial charge in [-0.05, 0) is 54.5 Å². The summed E-state index contributed by atoms with van der Waals surface area (Å²) in [5, 5.41) is 8.42. The van der Waals surface area contributed by atoms with Gasteiger partial charge in [0.1, 0.15) is 5.82 Å². The highest BCUT2D eigenvalue weighted by molar-refractivity contribution is 7.92. The van der Waals surface area contributed by atoms with Crippen molar-refractivity contribution in [3.63, 3.8) is 0 Å². The third kappa shape index (κ3) is 4.40. The Balaban J connectivity index is 2.27. The highest BCUT2D eigenvalue weighted by atomic mass is 32.2. The molecule has 6 nitrogen and oxygen atoms in total. The van der Waals surface area contributed by atoms with Crippen molar-refractivity contribution in [1.82, 2.24) is 5.48 Å². The number of nitrogens with one attached hydrogen (secondary N) is 2. The Kier molecular flexibility index (Phi) is 5.32. The molecule has 24 heavy (non-hydrogen) atoms. The number of hydrogen-bond donors (Lipinski definition) is 3. The standard InChI is InChI=1S/C16H15FN2O4S/c1-11-9-13(6-7-15(11)17)19-24(22,23)14-4-2-3-12(10-14)5-8-16(20)18-21/h2-10,19,21H,1H3,(H,18,20)/b8-5+. The van der Waals surface area contributed by atoms with Crippen molar-refractivity contribution >= 4 is 27.7 Å². The number of hydrogen-bond acceptors (Lipinski definition) is 4. The van der Waals surface area contributed by atoms with E-state index in [0.29, 0.717) is 11.1 Å². The highest BCUT2D eigenvalue weighted by Gasteiger charge is 2.15. The monoisotopic (exact) mass is 350 g/mol. The van der Waals surface area contributed by atoms with E-state index in [9.17, 15) is 17.6 Å². The molecule has 0 spiro atoms. The third-order valence-corrected chi connectivity index (χ3v) is 4.49. The van der Waals surface area contributed by atoms with Gasteiger partial charge >= 0.3 is 0 Å². The summed E-state index contributed by atoms with van der Waals surface area (Å²) in [7, 11) is -3.87. The SMILES string of the molecule is Cc1cc(NS(=O)(=O)c2cccc(/C=C/C(=O)NO)c2)ccc1F. The molecule has 126 valence electrons. The molecule has 0 aliphatic heterocycles. The number of sulfonamides is 1. The van der Waals surface area contributed by atoms with Gasteiger partial charge < -0.3 is 0 Å². The van der Waals surface area contributed by atoms with Gasteiger partial charge in [-0.3, -0.25) is 14.7 Å². The van der Waals surface area contributed by atoms with Gasteiger partial charge in [0.25, 0.3) is 15.9 Å². The van der Waals surface area contributed by atoms with Crippen molar-refractivity contribution in [3.05, 3.63) is 65.5 Å². The van der Waals surface area contributed by atoms with E-state index in [1.165, 1.54) is 54.9 Å². The quantitative estimate of drug-likeness (QED) is 0.438. The van der Waals surface area contributed by atoms with Gasteiger partial charge in [-0.25, -0.2) is 18.3 Å². The molecule has 8 heteroatoms. The van der Waals surface area contributed by atoms with Crippen LogP contribution in [0.25, 0.3) is 6.08 Å². The van der Waals surface area contributed by atoms with Gasteiger partial charge in [-0.15, -0.1) is 0 Å². The van der Waals surface area contributed by atoms with Crippen molar-refractivity contribution in [2.75, 3.05) is 4.72 Å². The predicted molar refractivity (Wildman–Crippen MR) is 87.4 cm³/mol. The second-order valence-electron chi connectivity index (χ2n) is 4.95. The van der Waals surface area contributed by atoms with E-state index < -0.39 is 21.7 Å². The minimum atomic E-state index is -3.87. The van der Waals surface area contributed by atoms with Crippen molar-refractivity contribution in [2.45, 2.75) is 11.8 Å². The molecular formula is C16H15FN2O4S. The molecule has 0 atom stereocenters. The number of rotatable bonds is 5. The zero-order valence-corrected chi connectivity index (χ0v) is 13.5. The van der Waals surface area contributed by atoms with Crippen LogP contribution in [0.5, 0.6) is 0 Å². The first-order valence-electron chi connectivity index (χ1n) is 6.83. The molecular weight excluding hydrogens is 335 g/mol. The fourth-order valence-electron chi connectivity index (χ4n) is 1.92. The molecule has 0 bridgehead atoms. The lowest BCUT2D eigenvalue weighted by Gasteiger charge is -2.09. The topological polar surface area (TPSA) is 95.5 Å². The van der Waals surface area contributed by atoms with Gasteiger partial charge in [0.2, 0.25) is 0 Å². The normalized spacial score (nSPS) is 11.5. The lowest BCUT2D eigenvalue weighted by Crippen LogP contribution is -2.15. The second kappa shape index (κ2) is 7.24. The predicted octanol–water partition coefficient (Wildman–Crippen LogP) is 2.45. The first-order valence-corrected chi connectivity index (χ1v) is 8.31. The van der Waals surface area contributed by atoms with Crippen LogP contribution in [0.2, 0.25) is 0 Å². The third-order valence-electron chi connectivity index (χ3n) is 3.12. The van der Waals surface area contributed by atoms with E-state index in [2.05, 4.69) is 4.72 Å². The van der Waals surface area contributed by atoms with Crippen LogP contribution in [0.3, 0.4) is 0 Å². The zero-order chi connectivity index (χ0) is 17.7. The van der Waals surface area contributed by atoms with Crippen molar-refractivity contribution in [3.8, 4) is 0 Å². The number of aryl methyl sites for hydroxylation is 1. The first kappa shape index (κ1) is 17.6. The number of hydroxylamine groups is 1. The van der Waals surface area contributed by atoms with Crippen LogP contribution in [0.4, 0.5) is 10.1 Å². The molecule has 0 saturated carbocycles. The summed E-state index contributed by atoms with van der Waals surface area (Å²) in [5.41, 5.74) is 2.46. The summed E-state index contributed by atoms with van der Waals surface area (Å²) >= 11 is 0. The molecule has 2 rings (SSSR count). The van der Waals surface area contributed by atoms with E-state index in [4.69, 9.17) is 5.21 Å². The van der Waals surface area contributed by atoms with Crippen LogP contribution >= 0.6 is 0 Å². The maximum Gasteiger partial charge on any atom is 0.267 e. The van der Waals surface area contributed by atoms with Crippen molar-refractivity contribution in [1.29, 1.82) is 0 Å². The fraction of sp³-hybridized carbons (Fsp3) is 0.0625. The number of carbonyl (C=O) groups is 1. The summed E-state index contributed by atoms with van der Waals surface area (Å²) in [5.74, 6) is -1.16. The van der Waals surface area contributed by atoms with Gasteiger partial charge in [-0.1, -0.05) is 12.1 Å². The van der Waals surface area contributed by atoms with Crippen molar-refractivity contribution in [2.24, 2.45) is 0 Å². The van der Waals surface area contributed by atoms with Crippen molar-refractivity contribution < 1.29 is 22.8 Å². The number of benzene rings is 2. The molecule has 0 unspecified atom stereocenters. The molecule has 0 saturated heterocycles. The van der Waals surface area contributed by atoms with E-state index in [0.717, 1.165) is 6.08 Å². The van der Waals surface area contributed by atoms with E-state index in [1.54, 1.807) is 6.07 Å². The lowest BCUT2D eigenvalue weighted by atomic mass is 10.2. The van der Waals surface area contributed by atoms with Crippen LogP contribution in [0.1, 0.15) is 11.1 Å². The maximum absolute atomic E-state index is 13.3. The number of carbonyl (C=O) groups excluding carboxylic acids is 1. The Bertz CT molecular complexity index is 895. The molecule has 0 fully saturated rings. The molecule has 0 heterocycles. The van der Waals surface area contributed by atoms with Crippen LogP contribution < -0.4 is 10.2 Å². The highest BCUT2D eigenvalue weighted by Crippen LogP contribution is 2.19. The largest absolute Gasteiger partial charge is 0.288 e. The first-order chi connectivity index (χ1) is 11.3. The summed E-state index contributed by atoms with van der Waals surface area (Å²) in [6.07, 6.45) is 2.41. The molecule has 2 aromatic carbocycles. The number of amides is 1. The minimum absolute atomic E-state index is 0.0176. The van der Waals surface area contributed by atoms with Gasteiger partial charge in [0.15, 0.2) is 0 Å². The molecule has 2 aromatic rings. The molecule has 3 N–H and O–H groups in total. The Morgan fingerprint density at radius 1 is 1.21 bits per heavy atom. The second-order valence-corrected chi connectivity index (χ2v) is 6.63. The Labute approximate surface area is 138 Å². The Morgan fingerprint density at radius 2 is 1.96 bits per heavy atom. The van der Waals surface area contributed by atoms with Gasteiger partial charge in [0, 0.05) is 11.8 Å². The van der Waals surface area contributed by atoms with Gasteiger partial charge in [0.05, 0.1) is 4.90 Å². The molecule has 0 aliphatic carbocycles. The maximum atomic E-state index is 13.3.